The highest BCUT2D eigenvalue weighted by Crippen LogP contribution is 2.33. The number of hydrogen-bond acceptors (Lipinski definition) is 2. The number of rotatable bonds is 2. The minimum atomic E-state index is 0.645. The Labute approximate surface area is 99.1 Å². The molecule has 0 aliphatic carbocycles. The van der Waals surface area contributed by atoms with Gasteiger partial charge in [-0.2, -0.15) is 0 Å². The molecule has 3 aromatic rings. The van der Waals surface area contributed by atoms with E-state index in [0.717, 1.165) is 22.0 Å². The van der Waals surface area contributed by atoms with E-state index in [1.54, 1.807) is 7.11 Å². The molecule has 0 saturated carbocycles. The first-order valence-corrected chi connectivity index (χ1v) is 5.45. The lowest BCUT2D eigenvalue weighted by Crippen LogP contribution is -1.92. The molecule has 0 aliphatic rings. The molecule has 3 heteroatoms. The summed E-state index contributed by atoms with van der Waals surface area (Å²) in [5.74, 6) is 0.645. The molecule has 0 unspecified atom stereocenters. The smallest absolute Gasteiger partial charge is 0.223 e. The van der Waals surface area contributed by atoms with Gasteiger partial charge in [-0.15, -0.1) is 0 Å². The Morgan fingerprint density at radius 1 is 1.12 bits per heavy atom. The SMILES string of the molecule is COc1ncc2cc[nH]c2c1-c1ccccc1. The van der Waals surface area contributed by atoms with E-state index in [1.807, 2.05) is 36.7 Å². The minimum Gasteiger partial charge on any atom is -0.480 e. The molecule has 0 amide bonds. The van der Waals surface area contributed by atoms with Crippen molar-refractivity contribution in [1.82, 2.24) is 9.97 Å². The average molecular weight is 224 g/mol. The standard InChI is InChI=1S/C14H12N2O/c1-17-14-12(10-5-3-2-4-6-10)13-11(9-16-14)7-8-15-13/h2-9,15H,1H3. The number of fused-ring (bicyclic) bond motifs is 1. The van der Waals surface area contributed by atoms with Gasteiger partial charge in [0, 0.05) is 17.8 Å². The summed E-state index contributed by atoms with van der Waals surface area (Å²) < 4.78 is 5.35. The lowest BCUT2D eigenvalue weighted by molar-refractivity contribution is 0.400. The molecular formula is C14H12N2O. The highest BCUT2D eigenvalue weighted by molar-refractivity contribution is 5.95. The third kappa shape index (κ3) is 1.56. The van der Waals surface area contributed by atoms with E-state index in [-0.39, 0.29) is 0 Å². The molecule has 0 radical (unpaired) electrons. The fourth-order valence-electron chi connectivity index (χ4n) is 2.03. The van der Waals surface area contributed by atoms with Crippen molar-refractivity contribution in [3.63, 3.8) is 0 Å². The van der Waals surface area contributed by atoms with Crippen LogP contribution in [0.15, 0.2) is 48.8 Å². The number of H-pyrrole nitrogens is 1. The lowest BCUT2D eigenvalue weighted by Gasteiger charge is -2.08. The molecule has 0 fully saturated rings. The fraction of sp³-hybridized carbons (Fsp3) is 0.0714. The fourth-order valence-corrected chi connectivity index (χ4v) is 2.03. The molecule has 0 saturated heterocycles. The quantitative estimate of drug-likeness (QED) is 0.725. The van der Waals surface area contributed by atoms with Gasteiger partial charge in [-0.25, -0.2) is 4.98 Å². The van der Waals surface area contributed by atoms with Crippen LogP contribution in [-0.4, -0.2) is 17.1 Å². The molecule has 0 spiro atoms. The van der Waals surface area contributed by atoms with Crippen LogP contribution in [-0.2, 0) is 0 Å². The van der Waals surface area contributed by atoms with Crippen LogP contribution in [0.25, 0.3) is 22.0 Å². The number of pyridine rings is 1. The van der Waals surface area contributed by atoms with Gasteiger partial charge in [0.2, 0.25) is 5.88 Å². The first kappa shape index (κ1) is 9.90. The molecular weight excluding hydrogens is 212 g/mol. The second kappa shape index (κ2) is 3.94. The first-order valence-electron chi connectivity index (χ1n) is 5.45. The topological polar surface area (TPSA) is 37.9 Å². The number of nitrogens with one attached hydrogen (secondary N) is 1. The van der Waals surface area contributed by atoms with E-state index in [2.05, 4.69) is 22.1 Å². The van der Waals surface area contributed by atoms with E-state index in [1.165, 1.54) is 0 Å². The molecule has 3 rings (SSSR count). The molecule has 1 aromatic carbocycles. The van der Waals surface area contributed by atoms with Gasteiger partial charge >= 0.3 is 0 Å². The summed E-state index contributed by atoms with van der Waals surface area (Å²) in [6.07, 6.45) is 3.73. The predicted octanol–water partition coefficient (Wildman–Crippen LogP) is 3.24. The van der Waals surface area contributed by atoms with Crippen LogP contribution in [0, 0.1) is 0 Å². The Kier molecular flexibility index (Phi) is 2.29. The second-order valence-corrected chi connectivity index (χ2v) is 3.82. The number of aromatic nitrogens is 2. The summed E-state index contributed by atoms with van der Waals surface area (Å²) in [6, 6.07) is 12.1. The maximum Gasteiger partial charge on any atom is 0.223 e. The maximum absolute atomic E-state index is 5.35. The third-order valence-corrected chi connectivity index (χ3v) is 2.82. The Balaban J connectivity index is 2.36. The van der Waals surface area contributed by atoms with Crippen molar-refractivity contribution in [3.05, 3.63) is 48.8 Å². The van der Waals surface area contributed by atoms with Crippen LogP contribution in [0.4, 0.5) is 0 Å². The van der Waals surface area contributed by atoms with Crippen LogP contribution in [0.5, 0.6) is 5.88 Å². The zero-order valence-electron chi connectivity index (χ0n) is 9.47. The zero-order chi connectivity index (χ0) is 11.7. The Morgan fingerprint density at radius 2 is 1.94 bits per heavy atom. The number of methoxy groups -OCH3 is 1. The summed E-state index contributed by atoms with van der Waals surface area (Å²) in [6.45, 7) is 0. The van der Waals surface area contributed by atoms with E-state index < -0.39 is 0 Å². The average Bonchev–Trinajstić information content (AvgIpc) is 2.86. The normalized spacial score (nSPS) is 10.6. The van der Waals surface area contributed by atoms with Crippen molar-refractivity contribution < 1.29 is 4.74 Å². The van der Waals surface area contributed by atoms with Crippen molar-refractivity contribution >= 4 is 10.9 Å². The molecule has 2 heterocycles. The van der Waals surface area contributed by atoms with Gasteiger partial charge in [0.15, 0.2) is 0 Å². The Hall–Kier alpha value is -2.29. The van der Waals surface area contributed by atoms with Crippen LogP contribution < -0.4 is 4.74 Å². The second-order valence-electron chi connectivity index (χ2n) is 3.82. The summed E-state index contributed by atoms with van der Waals surface area (Å²) in [4.78, 5) is 7.57. The summed E-state index contributed by atoms with van der Waals surface area (Å²) in [5, 5.41) is 1.09. The van der Waals surface area contributed by atoms with Crippen molar-refractivity contribution in [2.75, 3.05) is 7.11 Å². The number of nitrogens with zero attached hydrogens (tertiary/aromatic N) is 1. The van der Waals surface area contributed by atoms with Crippen molar-refractivity contribution in [1.29, 1.82) is 0 Å². The molecule has 0 atom stereocenters. The van der Waals surface area contributed by atoms with Gasteiger partial charge in [0.25, 0.3) is 0 Å². The largest absolute Gasteiger partial charge is 0.480 e. The van der Waals surface area contributed by atoms with Gasteiger partial charge in [-0.05, 0) is 11.6 Å². The van der Waals surface area contributed by atoms with Crippen LogP contribution in [0.2, 0.25) is 0 Å². The van der Waals surface area contributed by atoms with Gasteiger partial charge < -0.3 is 9.72 Å². The van der Waals surface area contributed by atoms with E-state index in [4.69, 9.17) is 4.74 Å². The predicted molar refractivity (Wildman–Crippen MR) is 68.1 cm³/mol. The number of benzene rings is 1. The van der Waals surface area contributed by atoms with Crippen LogP contribution >= 0.6 is 0 Å². The van der Waals surface area contributed by atoms with Crippen molar-refractivity contribution in [2.45, 2.75) is 0 Å². The lowest BCUT2D eigenvalue weighted by atomic mass is 10.1. The molecule has 84 valence electrons. The van der Waals surface area contributed by atoms with Gasteiger partial charge in [-0.3, -0.25) is 0 Å². The Morgan fingerprint density at radius 3 is 2.71 bits per heavy atom. The van der Waals surface area contributed by atoms with Crippen LogP contribution in [0.3, 0.4) is 0 Å². The van der Waals surface area contributed by atoms with Gasteiger partial charge in [0.05, 0.1) is 18.2 Å². The molecule has 1 N–H and O–H groups in total. The summed E-state index contributed by atoms with van der Waals surface area (Å²) >= 11 is 0. The van der Waals surface area contributed by atoms with Gasteiger partial charge in [0.1, 0.15) is 0 Å². The number of ether oxygens (including phenoxy) is 1. The minimum absolute atomic E-state index is 0.645. The first-order chi connectivity index (χ1) is 8.40. The molecule has 0 aliphatic heterocycles. The van der Waals surface area contributed by atoms with Crippen molar-refractivity contribution in [2.24, 2.45) is 0 Å². The summed E-state index contributed by atoms with van der Waals surface area (Å²) in [7, 11) is 1.64. The monoisotopic (exact) mass is 224 g/mol. The number of aromatic amines is 1. The molecule has 3 nitrogen and oxygen atoms in total. The van der Waals surface area contributed by atoms with E-state index in [0.29, 0.717) is 5.88 Å². The van der Waals surface area contributed by atoms with E-state index in [9.17, 15) is 0 Å². The highest BCUT2D eigenvalue weighted by atomic mass is 16.5. The highest BCUT2D eigenvalue weighted by Gasteiger charge is 2.12. The summed E-state index contributed by atoms with van der Waals surface area (Å²) in [5.41, 5.74) is 3.17. The van der Waals surface area contributed by atoms with E-state index >= 15 is 0 Å². The van der Waals surface area contributed by atoms with Crippen LogP contribution in [0.1, 0.15) is 0 Å². The molecule has 17 heavy (non-hydrogen) atoms. The number of hydrogen-bond donors (Lipinski definition) is 1. The maximum atomic E-state index is 5.35. The molecule has 2 aromatic heterocycles. The Bertz CT molecular complexity index is 644. The van der Waals surface area contributed by atoms with Gasteiger partial charge in [-0.1, -0.05) is 30.3 Å². The molecule has 0 bridgehead atoms. The zero-order valence-corrected chi connectivity index (χ0v) is 9.47. The third-order valence-electron chi connectivity index (χ3n) is 2.82. The van der Waals surface area contributed by atoms with Crippen molar-refractivity contribution in [3.8, 4) is 17.0 Å².